The summed E-state index contributed by atoms with van der Waals surface area (Å²) >= 11 is 0. The summed E-state index contributed by atoms with van der Waals surface area (Å²) in [5, 5.41) is 0. The van der Waals surface area contributed by atoms with Gasteiger partial charge in [0.2, 0.25) is 17.8 Å². The summed E-state index contributed by atoms with van der Waals surface area (Å²) in [6, 6.07) is 6.29. The molecule has 0 saturated carbocycles. The molecule has 2 N–H and O–H groups in total. The highest BCUT2D eigenvalue weighted by atomic mass is 16.5. The van der Waals surface area contributed by atoms with E-state index in [1.165, 1.54) is 11.9 Å². The van der Waals surface area contributed by atoms with Crippen LogP contribution in [0.2, 0.25) is 0 Å². The second-order valence-electron chi connectivity index (χ2n) is 7.38. The lowest BCUT2D eigenvalue weighted by atomic mass is 10.1. The fourth-order valence-corrected chi connectivity index (χ4v) is 3.91. The zero-order valence-corrected chi connectivity index (χ0v) is 17.2. The smallest absolute Gasteiger partial charge is 0.402 e. The molecule has 3 heterocycles. The molecular weight excluding hydrogens is 388 g/mol. The van der Waals surface area contributed by atoms with E-state index in [9.17, 15) is 14.4 Å². The lowest BCUT2D eigenvalue weighted by Gasteiger charge is -2.32. The van der Waals surface area contributed by atoms with Gasteiger partial charge in [0, 0.05) is 7.05 Å². The minimum atomic E-state index is -0.808. The van der Waals surface area contributed by atoms with Crippen LogP contribution < -0.4 is 15.0 Å². The average Bonchev–Trinajstić information content (AvgIpc) is 3.22. The van der Waals surface area contributed by atoms with Crippen LogP contribution in [0.5, 0.6) is 5.75 Å². The Morgan fingerprint density at radius 2 is 1.90 bits per heavy atom. The van der Waals surface area contributed by atoms with Gasteiger partial charge < -0.3 is 10.5 Å². The van der Waals surface area contributed by atoms with Crippen LogP contribution in [0.1, 0.15) is 23.0 Å². The van der Waals surface area contributed by atoms with E-state index in [1.807, 2.05) is 47.2 Å². The summed E-state index contributed by atoms with van der Waals surface area (Å²) in [7, 11) is 3.16. The van der Waals surface area contributed by atoms with Crippen LogP contribution in [0.3, 0.4) is 0 Å². The van der Waals surface area contributed by atoms with Gasteiger partial charge in [0.15, 0.2) is 0 Å². The fourth-order valence-electron chi connectivity index (χ4n) is 3.91. The number of carbonyl (C=O) groups is 3. The minimum Gasteiger partial charge on any atom is -0.497 e. The Bertz CT molecular complexity index is 1100. The molecule has 2 aliphatic heterocycles. The number of nitrogens with two attached hydrogens (primary N) is 1. The van der Waals surface area contributed by atoms with Crippen molar-refractivity contribution in [1.29, 1.82) is 0 Å². The van der Waals surface area contributed by atoms with Gasteiger partial charge in [0.1, 0.15) is 23.7 Å². The first-order valence-corrected chi connectivity index (χ1v) is 9.44. The van der Waals surface area contributed by atoms with Gasteiger partial charge in [-0.15, -0.1) is 0 Å². The topological polar surface area (TPSA) is 114 Å². The van der Waals surface area contributed by atoms with Crippen LogP contribution in [0.4, 0.5) is 10.7 Å². The molecule has 30 heavy (non-hydrogen) atoms. The lowest BCUT2D eigenvalue weighted by molar-refractivity contribution is -0.680. The van der Waals surface area contributed by atoms with Crippen molar-refractivity contribution in [3.63, 3.8) is 0 Å². The molecule has 1 atom stereocenters. The van der Waals surface area contributed by atoms with Crippen molar-refractivity contribution in [2.75, 3.05) is 20.7 Å². The number of urea groups is 1. The van der Waals surface area contributed by atoms with Crippen molar-refractivity contribution in [3.8, 4) is 5.75 Å². The molecule has 1 saturated heterocycles. The summed E-state index contributed by atoms with van der Waals surface area (Å²) in [4.78, 5) is 43.9. The lowest BCUT2D eigenvalue weighted by Crippen LogP contribution is -2.59. The summed E-state index contributed by atoms with van der Waals surface area (Å²) in [5.41, 5.74) is 8.09. The molecule has 1 aromatic carbocycles. The maximum atomic E-state index is 13.1. The molecule has 156 valence electrons. The molecule has 0 spiro atoms. The Labute approximate surface area is 173 Å². The van der Waals surface area contributed by atoms with Gasteiger partial charge in [-0.05, 0) is 31.5 Å². The first-order valence-electron chi connectivity index (χ1n) is 9.44. The normalized spacial score (nSPS) is 17.7. The van der Waals surface area contributed by atoms with Crippen LogP contribution >= 0.6 is 0 Å². The summed E-state index contributed by atoms with van der Waals surface area (Å²) < 4.78 is 9.03. The van der Waals surface area contributed by atoms with Gasteiger partial charge in [0.25, 0.3) is 5.91 Å². The van der Waals surface area contributed by atoms with Gasteiger partial charge >= 0.3 is 12.0 Å². The Morgan fingerprint density at radius 3 is 2.50 bits per heavy atom. The number of amides is 4. The van der Waals surface area contributed by atoms with Crippen molar-refractivity contribution >= 4 is 29.6 Å². The van der Waals surface area contributed by atoms with E-state index in [0.29, 0.717) is 18.3 Å². The van der Waals surface area contributed by atoms with Crippen LogP contribution in [0, 0.1) is 13.8 Å². The van der Waals surface area contributed by atoms with Gasteiger partial charge in [-0.1, -0.05) is 17.1 Å². The number of nitrogens with zero attached hydrogens (tertiary/aromatic N) is 5. The third-order valence-corrected chi connectivity index (χ3v) is 5.64. The maximum absolute atomic E-state index is 13.1. The molecular formula is C20H23N6O4+. The fraction of sp³-hybridized carbons (Fsp3) is 0.350. The van der Waals surface area contributed by atoms with Crippen molar-refractivity contribution < 1.29 is 23.7 Å². The van der Waals surface area contributed by atoms with Crippen LogP contribution in [-0.4, -0.2) is 58.8 Å². The number of amidine groups is 1. The molecule has 1 fully saturated rings. The highest BCUT2D eigenvalue weighted by molar-refractivity contribution is 6.21. The van der Waals surface area contributed by atoms with E-state index in [2.05, 4.69) is 4.99 Å². The number of benzene rings is 1. The van der Waals surface area contributed by atoms with Crippen molar-refractivity contribution in [2.24, 2.45) is 10.7 Å². The molecule has 2 aromatic rings. The maximum Gasteiger partial charge on any atom is 0.402 e. The van der Waals surface area contributed by atoms with E-state index in [0.717, 1.165) is 27.6 Å². The number of imidazole rings is 1. The monoisotopic (exact) mass is 411 g/mol. The Hall–Kier alpha value is -3.69. The van der Waals surface area contributed by atoms with Crippen molar-refractivity contribution in [3.05, 3.63) is 41.2 Å². The van der Waals surface area contributed by atoms with Gasteiger partial charge in [-0.25, -0.2) is 13.9 Å². The number of rotatable bonds is 5. The predicted octanol–water partition coefficient (Wildman–Crippen LogP) is 0.413. The minimum absolute atomic E-state index is 0.340. The molecule has 0 bridgehead atoms. The molecule has 10 nitrogen and oxygen atoms in total. The number of likely N-dealkylation sites (N-methyl/N-ethyl adjacent to an activating group) is 1. The third-order valence-electron chi connectivity index (χ3n) is 5.64. The number of aliphatic imine (C=N–C) groups is 1. The number of hydrogen-bond acceptors (Lipinski definition) is 5. The van der Waals surface area contributed by atoms with E-state index >= 15 is 0 Å². The molecule has 0 radical (unpaired) electrons. The zero-order chi connectivity index (χ0) is 21.7. The van der Waals surface area contributed by atoms with Crippen LogP contribution in [-0.2, 0) is 16.1 Å². The summed E-state index contributed by atoms with van der Waals surface area (Å²) in [6.45, 7) is 3.94. The number of ether oxygens (including phenoxy) is 1. The molecule has 4 rings (SSSR count). The number of methoxy groups -OCH3 is 1. The Balaban J connectivity index is 1.77. The predicted molar refractivity (Wildman–Crippen MR) is 106 cm³/mol. The van der Waals surface area contributed by atoms with E-state index in [-0.39, 0.29) is 0 Å². The molecule has 2 aliphatic rings. The zero-order valence-electron chi connectivity index (χ0n) is 17.2. The summed E-state index contributed by atoms with van der Waals surface area (Å²) in [6.07, 6.45) is 0. The molecule has 0 aliphatic carbocycles. The SMILES string of the molecule is COc1ccc(C[n+]2c(C)c(C)n3c2N=C2C3C(=O)N(CC(N)=O)C(=O)N2C)cc1. The van der Waals surface area contributed by atoms with Crippen LogP contribution in [0.25, 0.3) is 0 Å². The van der Waals surface area contributed by atoms with E-state index < -0.39 is 30.4 Å². The van der Waals surface area contributed by atoms with E-state index in [1.54, 1.807) is 7.11 Å². The van der Waals surface area contributed by atoms with Crippen LogP contribution in [0.15, 0.2) is 29.3 Å². The van der Waals surface area contributed by atoms with Gasteiger partial charge in [0.05, 0.1) is 13.7 Å². The first-order chi connectivity index (χ1) is 14.2. The average molecular weight is 411 g/mol. The second-order valence-corrected chi connectivity index (χ2v) is 7.38. The quantitative estimate of drug-likeness (QED) is 0.718. The van der Waals surface area contributed by atoms with Gasteiger partial charge in [-0.2, -0.15) is 0 Å². The number of imide groups is 1. The molecule has 4 amide bonds. The number of primary amides is 1. The second kappa shape index (κ2) is 6.97. The molecule has 1 unspecified atom stereocenters. The molecule has 1 aromatic heterocycles. The first kappa shape index (κ1) is 19.6. The van der Waals surface area contributed by atoms with Crippen molar-refractivity contribution in [1.82, 2.24) is 14.4 Å². The number of carbonyl (C=O) groups excluding carboxylic acids is 3. The number of fused-ring (bicyclic) bond motifs is 3. The number of aromatic nitrogens is 2. The standard InChI is InChI=1S/C20H22N6O4/c1-11-12(2)26-16-17(23(3)20(29)25(18(16)28)10-15(21)27)22-19(26)24(11)9-13-5-7-14(30-4)8-6-13/h5-8,16H,9-10H2,1-4H3,(H-,21,27)/p+1. The van der Waals surface area contributed by atoms with Crippen molar-refractivity contribution in [2.45, 2.75) is 26.4 Å². The Morgan fingerprint density at radius 1 is 1.23 bits per heavy atom. The highest BCUT2D eigenvalue weighted by Gasteiger charge is 2.54. The Kier molecular flexibility index (Phi) is 4.56. The summed E-state index contributed by atoms with van der Waals surface area (Å²) in [5.74, 6) is 0.426. The van der Waals surface area contributed by atoms with E-state index in [4.69, 9.17) is 10.5 Å². The highest BCUT2D eigenvalue weighted by Crippen LogP contribution is 2.35. The largest absolute Gasteiger partial charge is 0.497 e. The van der Waals surface area contributed by atoms with Gasteiger partial charge in [-0.3, -0.25) is 19.4 Å². The molecule has 10 heteroatoms. The third kappa shape index (κ3) is 2.83. The number of hydrogen-bond donors (Lipinski definition) is 1.